The fourth-order valence-corrected chi connectivity index (χ4v) is 1.51. The van der Waals surface area contributed by atoms with Crippen LogP contribution in [0, 0.1) is 0 Å². The largest absolute Gasteiger partial charge is 0.399 e. The summed E-state index contributed by atoms with van der Waals surface area (Å²) in [7, 11) is 0. The van der Waals surface area contributed by atoms with Crippen molar-refractivity contribution in [3.05, 3.63) is 36.8 Å². The molecule has 1 aromatic carbocycles. The number of aromatic nitrogens is 2. The van der Waals surface area contributed by atoms with E-state index in [9.17, 15) is 0 Å². The molecule has 0 fully saturated rings. The van der Waals surface area contributed by atoms with Crippen molar-refractivity contribution in [2.45, 2.75) is 13.5 Å². The first-order valence-corrected chi connectivity index (χ1v) is 4.67. The maximum absolute atomic E-state index is 5.73. The van der Waals surface area contributed by atoms with Crippen LogP contribution < -0.4 is 5.73 Å². The number of rotatable bonds is 2. The zero-order chi connectivity index (χ0) is 9.97. The Kier molecular flexibility index (Phi) is 2.23. The average molecular weight is 187 g/mol. The fraction of sp³-hybridized carbons (Fsp3) is 0.182. The second-order valence-electron chi connectivity index (χ2n) is 3.19. The van der Waals surface area contributed by atoms with E-state index in [1.807, 2.05) is 36.8 Å². The number of hydrogen-bond acceptors (Lipinski definition) is 2. The van der Waals surface area contributed by atoms with E-state index in [1.165, 1.54) is 0 Å². The molecule has 0 bridgehead atoms. The SMILES string of the molecule is CCn1cncc1-c1cccc(N)c1. The number of imidazole rings is 1. The Morgan fingerprint density at radius 3 is 3.00 bits per heavy atom. The molecule has 72 valence electrons. The first kappa shape index (κ1) is 8.81. The molecule has 0 atom stereocenters. The normalized spacial score (nSPS) is 10.4. The van der Waals surface area contributed by atoms with E-state index in [1.54, 1.807) is 0 Å². The van der Waals surface area contributed by atoms with Gasteiger partial charge < -0.3 is 10.3 Å². The molecular weight excluding hydrogens is 174 g/mol. The van der Waals surface area contributed by atoms with E-state index in [0.717, 1.165) is 23.5 Å². The zero-order valence-electron chi connectivity index (χ0n) is 8.14. The third-order valence-corrected chi connectivity index (χ3v) is 2.24. The van der Waals surface area contributed by atoms with Gasteiger partial charge in [0.1, 0.15) is 0 Å². The van der Waals surface area contributed by atoms with E-state index in [2.05, 4.69) is 16.5 Å². The smallest absolute Gasteiger partial charge is 0.0950 e. The van der Waals surface area contributed by atoms with Crippen molar-refractivity contribution in [2.75, 3.05) is 5.73 Å². The molecule has 2 N–H and O–H groups in total. The maximum Gasteiger partial charge on any atom is 0.0950 e. The van der Waals surface area contributed by atoms with Gasteiger partial charge in [-0.05, 0) is 19.1 Å². The highest BCUT2D eigenvalue weighted by Crippen LogP contribution is 2.20. The molecule has 0 unspecified atom stereocenters. The molecule has 3 nitrogen and oxygen atoms in total. The molecule has 0 aliphatic heterocycles. The summed E-state index contributed by atoms with van der Waals surface area (Å²) in [5.74, 6) is 0. The quantitative estimate of drug-likeness (QED) is 0.732. The molecule has 0 saturated heterocycles. The Bertz CT molecular complexity index is 432. The topological polar surface area (TPSA) is 43.8 Å². The van der Waals surface area contributed by atoms with Crippen molar-refractivity contribution in [2.24, 2.45) is 0 Å². The summed E-state index contributed by atoms with van der Waals surface area (Å²) in [5.41, 5.74) is 8.74. The lowest BCUT2D eigenvalue weighted by atomic mass is 10.1. The summed E-state index contributed by atoms with van der Waals surface area (Å²) in [5, 5.41) is 0. The van der Waals surface area contributed by atoms with Crippen molar-refractivity contribution in [3.63, 3.8) is 0 Å². The third kappa shape index (κ3) is 1.48. The van der Waals surface area contributed by atoms with Crippen LogP contribution in [0.3, 0.4) is 0 Å². The lowest BCUT2D eigenvalue weighted by Gasteiger charge is -2.05. The number of hydrogen-bond donors (Lipinski definition) is 1. The second kappa shape index (κ2) is 3.54. The molecule has 3 heteroatoms. The van der Waals surface area contributed by atoms with Crippen molar-refractivity contribution >= 4 is 5.69 Å². The summed E-state index contributed by atoms with van der Waals surface area (Å²) >= 11 is 0. The number of nitrogens with two attached hydrogens (primary N) is 1. The predicted octanol–water partition coefficient (Wildman–Crippen LogP) is 2.15. The van der Waals surface area contributed by atoms with Gasteiger partial charge in [-0.15, -0.1) is 0 Å². The summed E-state index contributed by atoms with van der Waals surface area (Å²) in [6.45, 7) is 3.02. The highest BCUT2D eigenvalue weighted by Gasteiger charge is 2.02. The number of anilines is 1. The van der Waals surface area contributed by atoms with Gasteiger partial charge in [0.15, 0.2) is 0 Å². The van der Waals surface area contributed by atoms with E-state index in [0.29, 0.717) is 0 Å². The molecule has 2 rings (SSSR count). The Morgan fingerprint density at radius 2 is 2.29 bits per heavy atom. The number of nitrogen functional groups attached to an aromatic ring is 1. The van der Waals surface area contributed by atoms with Crippen LogP contribution in [0.5, 0.6) is 0 Å². The van der Waals surface area contributed by atoms with Crippen LogP contribution in [0.25, 0.3) is 11.3 Å². The molecular formula is C11H13N3. The molecule has 14 heavy (non-hydrogen) atoms. The highest BCUT2D eigenvalue weighted by atomic mass is 15.0. The Morgan fingerprint density at radius 1 is 1.43 bits per heavy atom. The van der Waals surface area contributed by atoms with Crippen molar-refractivity contribution in [1.29, 1.82) is 0 Å². The van der Waals surface area contributed by atoms with E-state index in [4.69, 9.17) is 5.73 Å². The van der Waals surface area contributed by atoms with Gasteiger partial charge in [-0.3, -0.25) is 0 Å². The standard InChI is InChI=1S/C11H13N3/c1-2-14-8-13-7-11(14)9-4-3-5-10(12)6-9/h3-8H,2,12H2,1H3. The van der Waals surface area contributed by atoms with Crippen molar-refractivity contribution in [1.82, 2.24) is 9.55 Å². The first-order chi connectivity index (χ1) is 6.81. The van der Waals surface area contributed by atoms with Gasteiger partial charge in [0.2, 0.25) is 0 Å². The zero-order valence-corrected chi connectivity index (χ0v) is 8.14. The molecule has 1 aromatic heterocycles. The first-order valence-electron chi connectivity index (χ1n) is 4.67. The van der Waals surface area contributed by atoms with E-state index in [-0.39, 0.29) is 0 Å². The van der Waals surface area contributed by atoms with Crippen LogP contribution in [0.15, 0.2) is 36.8 Å². The van der Waals surface area contributed by atoms with Crippen LogP contribution in [-0.2, 0) is 6.54 Å². The molecule has 0 saturated carbocycles. The number of aryl methyl sites for hydroxylation is 1. The molecule has 1 heterocycles. The lowest BCUT2D eigenvalue weighted by molar-refractivity contribution is 0.769. The summed E-state index contributed by atoms with van der Waals surface area (Å²) in [6, 6.07) is 7.84. The Hall–Kier alpha value is -1.77. The Balaban J connectivity index is 2.49. The van der Waals surface area contributed by atoms with Gasteiger partial charge in [-0.1, -0.05) is 12.1 Å². The molecule has 0 aliphatic rings. The molecule has 0 amide bonds. The van der Waals surface area contributed by atoms with E-state index < -0.39 is 0 Å². The highest BCUT2D eigenvalue weighted by molar-refractivity contribution is 5.63. The van der Waals surface area contributed by atoms with Crippen molar-refractivity contribution in [3.8, 4) is 11.3 Å². The molecule has 0 aliphatic carbocycles. The van der Waals surface area contributed by atoms with Gasteiger partial charge >= 0.3 is 0 Å². The van der Waals surface area contributed by atoms with Crippen LogP contribution in [-0.4, -0.2) is 9.55 Å². The minimum absolute atomic E-state index is 0.784. The predicted molar refractivity (Wildman–Crippen MR) is 57.7 cm³/mol. The van der Waals surface area contributed by atoms with Gasteiger partial charge in [0.05, 0.1) is 18.2 Å². The monoisotopic (exact) mass is 187 g/mol. The van der Waals surface area contributed by atoms with Crippen LogP contribution >= 0.6 is 0 Å². The van der Waals surface area contributed by atoms with Crippen molar-refractivity contribution < 1.29 is 0 Å². The fourth-order valence-electron chi connectivity index (χ4n) is 1.51. The van der Waals surface area contributed by atoms with Crippen LogP contribution in [0.2, 0.25) is 0 Å². The maximum atomic E-state index is 5.73. The molecule has 0 radical (unpaired) electrons. The van der Waals surface area contributed by atoms with Gasteiger partial charge in [-0.2, -0.15) is 0 Å². The summed E-state index contributed by atoms with van der Waals surface area (Å²) < 4.78 is 2.09. The van der Waals surface area contributed by atoms with Gasteiger partial charge in [0, 0.05) is 17.8 Å². The molecule has 0 spiro atoms. The number of benzene rings is 1. The van der Waals surface area contributed by atoms with E-state index >= 15 is 0 Å². The minimum atomic E-state index is 0.784. The summed E-state index contributed by atoms with van der Waals surface area (Å²) in [4.78, 5) is 4.12. The minimum Gasteiger partial charge on any atom is -0.399 e. The van der Waals surface area contributed by atoms with Crippen LogP contribution in [0.1, 0.15) is 6.92 Å². The second-order valence-corrected chi connectivity index (χ2v) is 3.19. The summed E-state index contributed by atoms with van der Waals surface area (Å²) in [6.07, 6.45) is 3.69. The Labute approximate surface area is 83.2 Å². The van der Waals surface area contributed by atoms with Crippen LogP contribution in [0.4, 0.5) is 5.69 Å². The third-order valence-electron chi connectivity index (χ3n) is 2.24. The lowest BCUT2D eigenvalue weighted by Crippen LogP contribution is -1.95. The van der Waals surface area contributed by atoms with Gasteiger partial charge in [-0.25, -0.2) is 4.98 Å². The average Bonchev–Trinajstić information content (AvgIpc) is 2.65. The molecule has 2 aromatic rings. The van der Waals surface area contributed by atoms with Gasteiger partial charge in [0.25, 0.3) is 0 Å². The number of nitrogens with zero attached hydrogens (tertiary/aromatic N) is 2.